The zero-order valence-electron chi connectivity index (χ0n) is 10.7. The van der Waals surface area contributed by atoms with Crippen molar-refractivity contribution >= 4 is 0 Å². The maximum absolute atomic E-state index is 2.45. The van der Waals surface area contributed by atoms with Gasteiger partial charge >= 0.3 is 0 Å². The minimum absolute atomic E-state index is 0.779. The van der Waals surface area contributed by atoms with Crippen LogP contribution in [0.4, 0.5) is 0 Å². The molecular formula is C15H28. The second kappa shape index (κ2) is 4.89. The molecule has 0 saturated heterocycles. The molecule has 2 aliphatic rings. The van der Waals surface area contributed by atoms with Gasteiger partial charge in [-0.3, -0.25) is 0 Å². The van der Waals surface area contributed by atoms with Crippen LogP contribution >= 0.6 is 0 Å². The molecule has 2 aliphatic carbocycles. The van der Waals surface area contributed by atoms with E-state index in [1.165, 1.54) is 38.5 Å². The van der Waals surface area contributed by atoms with Crippen LogP contribution in [0.5, 0.6) is 0 Å². The molecule has 0 nitrogen and oxygen atoms in total. The van der Waals surface area contributed by atoms with E-state index in [0.717, 1.165) is 17.3 Å². The Hall–Kier alpha value is 0. The topological polar surface area (TPSA) is 0 Å². The van der Waals surface area contributed by atoms with E-state index in [4.69, 9.17) is 0 Å². The van der Waals surface area contributed by atoms with Crippen LogP contribution in [0.3, 0.4) is 0 Å². The molecule has 2 saturated carbocycles. The highest BCUT2D eigenvalue weighted by Gasteiger charge is 2.45. The van der Waals surface area contributed by atoms with E-state index in [-0.39, 0.29) is 0 Å². The summed E-state index contributed by atoms with van der Waals surface area (Å²) in [5.74, 6) is 2.24. The monoisotopic (exact) mass is 208 g/mol. The van der Waals surface area contributed by atoms with E-state index in [9.17, 15) is 0 Å². The van der Waals surface area contributed by atoms with Gasteiger partial charge in [-0.25, -0.2) is 0 Å². The van der Waals surface area contributed by atoms with Gasteiger partial charge in [-0.15, -0.1) is 0 Å². The van der Waals surface area contributed by atoms with Crippen LogP contribution in [0, 0.1) is 17.3 Å². The highest BCUT2D eigenvalue weighted by atomic mass is 14.5. The van der Waals surface area contributed by atoms with Crippen molar-refractivity contribution in [3.63, 3.8) is 0 Å². The third kappa shape index (κ3) is 2.10. The van der Waals surface area contributed by atoms with Crippen LogP contribution in [-0.4, -0.2) is 0 Å². The molecule has 2 unspecified atom stereocenters. The minimum atomic E-state index is 0.779. The highest BCUT2D eigenvalue weighted by Crippen LogP contribution is 2.56. The summed E-state index contributed by atoms with van der Waals surface area (Å²) in [7, 11) is 0. The minimum Gasteiger partial charge on any atom is -0.0654 e. The molecule has 0 aromatic heterocycles. The first-order valence-electron chi connectivity index (χ1n) is 7.32. The SMILES string of the molecule is CCCCC1(CC)CCCC1C1CCC1. The van der Waals surface area contributed by atoms with Crippen molar-refractivity contribution in [3.05, 3.63) is 0 Å². The summed E-state index contributed by atoms with van der Waals surface area (Å²) in [4.78, 5) is 0. The fourth-order valence-electron chi connectivity index (χ4n) is 4.20. The largest absolute Gasteiger partial charge is 0.0654 e. The maximum Gasteiger partial charge on any atom is -0.0269 e. The van der Waals surface area contributed by atoms with Crippen molar-refractivity contribution < 1.29 is 0 Å². The van der Waals surface area contributed by atoms with Crippen molar-refractivity contribution in [3.8, 4) is 0 Å². The van der Waals surface area contributed by atoms with Gasteiger partial charge in [-0.1, -0.05) is 58.8 Å². The summed E-state index contributed by atoms with van der Waals surface area (Å²) in [5, 5.41) is 0. The Labute approximate surface area is 95.8 Å². The van der Waals surface area contributed by atoms with Gasteiger partial charge < -0.3 is 0 Å². The second-order valence-corrected chi connectivity index (χ2v) is 6.01. The van der Waals surface area contributed by atoms with Crippen molar-refractivity contribution in [2.24, 2.45) is 17.3 Å². The molecule has 0 spiro atoms. The first kappa shape index (κ1) is 11.5. The Morgan fingerprint density at radius 2 is 1.87 bits per heavy atom. The molecule has 0 N–H and O–H groups in total. The van der Waals surface area contributed by atoms with Gasteiger partial charge in [-0.05, 0) is 36.5 Å². The normalized spacial score (nSPS) is 36.8. The van der Waals surface area contributed by atoms with Crippen LogP contribution in [0.2, 0.25) is 0 Å². The average Bonchev–Trinajstić information content (AvgIpc) is 2.57. The lowest BCUT2D eigenvalue weighted by Gasteiger charge is -2.43. The molecule has 15 heavy (non-hydrogen) atoms. The van der Waals surface area contributed by atoms with Crippen LogP contribution in [0.1, 0.15) is 78.1 Å². The number of hydrogen-bond donors (Lipinski definition) is 0. The van der Waals surface area contributed by atoms with Gasteiger partial charge in [0.2, 0.25) is 0 Å². The zero-order valence-corrected chi connectivity index (χ0v) is 10.7. The molecule has 0 bridgehead atoms. The van der Waals surface area contributed by atoms with E-state index in [1.807, 2.05) is 0 Å². The Bertz CT molecular complexity index is 192. The summed E-state index contributed by atoms with van der Waals surface area (Å²) in [6.07, 6.45) is 15.1. The predicted octanol–water partition coefficient (Wildman–Crippen LogP) is 5.17. The lowest BCUT2D eigenvalue weighted by atomic mass is 9.62. The van der Waals surface area contributed by atoms with Gasteiger partial charge in [0.1, 0.15) is 0 Å². The Morgan fingerprint density at radius 3 is 2.40 bits per heavy atom. The van der Waals surface area contributed by atoms with Crippen molar-refractivity contribution in [2.45, 2.75) is 78.1 Å². The molecule has 0 heteroatoms. The highest BCUT2D eigenvalue weighted by molar-refractivity contribution is 4.96. The van der Waals surface area contributed by atoms with E-state index in [2.05, 4.69) is 13.8 Å². The second-order valence-electron chi connectivity index (χ2n) is 6.01. The van der Waals surface area contributed by atoms with Gasteiger partial charge in [-0.2, -0.15) is 0 Å². The molecule has 2 rings (SSSR count). The van der Waals surface area contributed by atoms with Gasteiger partial charge in [0.25, 0.3) is 0 Å². The smallest absolute Gasteiger partial charge is 0.0269 e. The third-order valence-electron chi connectivity index (χ3n) is 5.43. The summed E-state index contributed by atoms with van der Waals surface area (Å²) >= 11 is 0. The Balaban J connectivity index is 2.00. The lowest BCUT2D eigenvalue weighted by Crippen LogP contribution is -2.33. The van der Waals surface area contributed by atoms with Gasteiger partial charge in [0, 0.05) is 0 Å². The molecular weight excluding hydrogens is 180 g/mol. The molecule has 0 aromatic rings. The number of unbranched alkanes of at least 4 members (excludes halogenated alkanes) is 1. The molecule has 0 aliphatic heterocycles. The third-order valence-corrected chi connectivity index (χ3v) is 5.43. The Morgan fingerprint density at radius 1 is 1.07 bits per heavy atom. The van der Waals surface area contributed by atoms with Gasteiger partial charge in [0.15, 0.2) is 0 Å². The first-order chi connectivity index (χ1) is 7.32. The molecule has 0 radical (unpaired) electrons. The molecule has 0 amide bonds. The number of hydrogen-bond acceptors (Lipinski definition) is 0. The standard InChI is InChI=1S/C15H28/c1-3-5-11-15(4-2)12-7-10-14(15)13-8-6-9-13/h13-14H,3-12H2,1-2H3. The van der Waals surface area contributed by atoms with Crippen LogP contribution in [-0.2, 0) is 0 Å². The van der Waals surface area contributed by atoms with E-state index in [0.29, 0.717) is 0 Å². The predicted molar refractivity (Wildman–Crippen MR) is 66.9 cm³/mol. The van der Waals surface area contributed by atoms with Crippen LogP contribution in [0.15, 0.2) is 0 Å². The Kier molecular flexibility index (Phi) is 3.74. The molecule has 2 atom stereocenters. The quantitative estimate of drug-likeness (QED) is 0.584. The zero-order chi connectivity index (χ0) is 10.7. The van der Waals surface area contributed by atoms with Crippen molar-refractivity contribution in [1.82, 2.24) is 0 Å². The summed E-state index contributed by atoms with van der Waals surface area (Å²) in [5.41, 5.74) is 0.779. The van der Waals surface area contributed by atoms with E-state index in [1.54, 1.807) is 25.7 Å². The van der Waals surface area contributed by atoms with Crippen molar-refractivity contribution in [1.29, 1.82) is 0 Å². The molecule has 0 aromatic carbocycles. The van der Waals surface area contributed by atoms with Crippen LogP contribution < -0.4 is 0 Å². The maximum atomic E-state index is 2.45. The van der Waals surface area contributed by atoms with Crippen molar-refractivity contribution in [2.75, 3.05) is 0 Å². The first-order valence-corrected chi connectivity index (χ1v) is 7.32. The van der Waals surface area contributed by atoms with Crippen LogP contribution in [0.25, 0.3) is 0 Å². The number of rotatable bonds is 5. The lowest BCUT2D eigenvalue weighted by molar-refractivity contribution is 0.0696. The molecule has 2 fully saturated rings. The summed E-state index contributed by atoms with van der Waals surface area (Å²) in [6, 6.07) is 0. The van der Waals surface area contributed by atoms with E-state index < -0.39 is 0 Å². The van der Waals surface area contributed by atoms with Gasteiger partial charge in [0.05, 0.1) is 0 Å². The molecule has 0 heterocycles. The summed E-state index contributed by atoms with van der Waals surface area (Å²) < 4.78 is 0. The summed E-state index contributed by atoms with van der Waals surface area (Å²) in [6.45, 7) is 4.79. The average molecular weight is 208 g/mol. The fraction of sp³-hybridized carbons (Fsp3) is 1.00. The fourth-order valence-corrected chi connectivity index (χ4v) is 4.20. The van der Waals surface area contributed by atoms with E-state index >= 15 is 0 Å². The molecule has 88 valence electrons.